The van der Waals surface area contributed by atoms with Crippen LogP contribution in [0.1, 0.15) is 43.4 Å². The van der Waals surface area contributed by atoms with Gasteiger partial charge in [-0.15, -0.1) is 0 Å². The van der Waals surface area contributed by atoms with Crippen LogP contribution >= 0.6 is 0 Å². The lowest BCUT2D eigenvalue weighted by molar-refractivity contribution is 0.121. The fraction of sp³-hybridized carbons (Fsp3) is 0.310. The van der Waals surface area contributed by atoms with E-state index in [0.29, 0.717) is 6.54 Å². The first-order valence-corrected chi connectivity index (χ1v) is 12.8. The van der Waals surface area contributed by atoms with Gasteiger partial charge >= 0.3 is 0 Å². The number of imidazole rings is 1. The highest BCUT2D eigenvalue weighted by Gasteiger charge is 2.26. The van der Waals surface area contributed by atoms with Crippen molar-refractivity contribution in [3.05, 3.63) is 83.7 Å². The van der Waals surface area contributed by atoms with E-state index in [-0.39, 0.29) is 5.54 Å². The van der Waals surface area contributed by atoms with Gasteiger partial charge in [-0.2, -0.15) is 5.10 Å². The summed E-state index contributed by atoms with van der Waals surface area (Å²) in [5, 5.41) is 7.97. The fourth-order valence-electron chi connectivity index (χ4n) is 5.07. The monoisotopic (exact) mass is 492 g/mol. The van der Waals surface area contributed by atoms with Crippen molar-refractivity contribution in [2.24, 2.45) is 0 Å². The number of benzene rings is 1. The number of aromatic nitrogens is 6. The molecular formula is C29H32N8. The van der Waals surface area contributed by atoms with E-state index >= 15 is 0 Å². The van der Waals surface area contributed by atoms with Crippen molar-refractivity contribution < 1.29 is 0 Å². The number of pyridine rings is 2. The van der Waals surface area contributed by atoms with Gasteiger partial charge in [-0.05, 0) is 75.6 Å². The van der Waals surface area contributed by atoms with Crippen LogP contribution in [0, 0.1) is 6.92 Å². The Kier molecular flexibility index (Phi) is 5.76. The molecule has 0 atom stereocenters. The van der Waals surface area contributed by atoms with E-state index in [2.05, 4.69) is 64.3 Å². The van der Waals surface area contributed by atoms with Crippen LogP contribution in [0.5, 0.6) is 0 Å². The minimum absolute atomic E-state index is 0.168. The quantitative estimate of drug-likeness (QED) is 0.348. The third kappa shape index (κ3) is 4.60. The molecule has 1 aliphatic heterocycles. The number of anilines is 1. The summed E-state index contributed by atoms with van der Waals surface area (Å²) in [5.41, 5.74) is 9.50. The summed E-state index contributed by atoms with van der Waals surface area (Å²) in [6.45, 7) is 11.5. The summed E-state index contributed by atoms with van der Waals surface area (Å²) in [6, 6.07) is 16.6. The summed E-state index contributed by atoms with van der Waals surface area (Å²) < 4.78 is 1.78. The maximum Gasteiger partial charge on any atom is 0.155 e. The average Bonchev–Trinajstić information content (AvgIpc) is 3.53. The van der Waals surface area contributed by atoms with Crippen molar-refractivity contribution in [2.75, 3.05) is 11.9 Å². The number of nitrogens with one attached hydrogen (secondary N) is 2. The minimum atomic E-state index is 0.168. The van der Waals surface area contributed by atoms with Crippen molar-refractivity contribution in [2.45, 2.75) is 52.7 Å². The molecule has 0 aliphatic carbocycles. The number of rotatable bonds is 5. The van der Waals surface area contributed by atoms with Gasteiger partial charge in [0.15, 0.2) is 5.65 Å². The zero-order valence-corrected chi connectivity index (χ0v) is 21.8. The molecule has 0 radical (unpaired) electrons. The van der Waals surface area contributed by atoms with Gasteiger partial charge in [0.1, 0.15) is 17.8 Å². The number of H-pyrrole nitrogens is 1. The Bertz CT molecular complexity index is 1570. The van der Waals surface area contributed by atoms with E-state index in [1.54, 1.807) is 10.8 Å². The standard InChI is InChI=1S/C29H32N8/c1-19-7-5-10-24(33-19)28-27(21-11-12-26-31-18-32-37(26)17-21)34-25(35-28)15-30-23-9-6-8-20-16-36(29(2,3)4)14-13-22(20)23/h5-12,17-18,30H,13-16H2,1-4H3,(H,34,35). The summed E-state index contributed by atoms with van der Waals surface area (Å²) in [4.78, 5) is 20.1. The molecule has 6 rings (SSSR count). The summed E-state index contributed by atoms with van der Waals surface area (Å²) >= 11 is 0. The van der Waals surface area contributed by atoms with Crippen LogP contribution in [0.4, 0.5) is 5.69 Å². The van der Waals surface area contributed by atoms with Crippen LogP contribution in [0.2, 0.25) is 0 Å². The van der Waals surface area contributed by atoms with Gasteiger partial charge in [-0.3, -0.25) is 9.88 Å². The Balaban J connectivity index is 1.32. The second kappa shape index (κ2) is 9.12. The van der Waals surface area contributed by atoms with E-state index in [1.165, 1.54) is 16.8 Å². The molecular weight excluding hydrogens is 460 g/mol. The third-order valence-corrected chi connectivity index (χ3v) is 7.11. The lowest BCUT2D eigenvalue weighted by Crippen LogP contribution is -2.44. The van der Waals surface area contributed by atoms with Crippen LogP contribution in [0.15, 0.2) is 61.1 Å². The topological polar surface area (TPSA) is 87.0 Å². The van der Waals surface area contributed by atoms with E-state index in [0.717, 1.165) is 59.3 Å². The Morgan fingerprint density at radius 2 is 1.89 bits per heavy atom. The molecule has 8 heteroatoms. The highest BCUT2D eigenvalue weighted by atomic mass is 15.3. The lowest BCUT2D eigenvalue weighted by atomic mass is 9.94. The highest BCUT2D eigenvalue weighted by Crippen LogP contribution is 2.32. The number of hydrogen-bond acceptors (Lipinski definition) is 6. The van der Waals surface area contributed by atoms with Gasteiger partial charge in [0.05, 0.1) is 17.9 Å². The lowest BCUT2D eigenvalue weighted by Gasteiger charge is -2.39. The van der Waals surface area contributed by atoms with Crippen molar-refractivity contribution >= 4 is 11.3 Å². The first kappa shape index (κ1) is 23.4. The summed E-state index contributed by atoms with van der Waals surface area (Å²) in [5.74, 6) is 0.858. The van der Waals surface area contributed by atoms with Crippen LogP contribution in [0.3, 0.4) is 0 Å². The Labute approximate surface area is 216 Å². The Morgan fingerprint density at radius 1 is 1.03 bits per heavy atom. The molecule has 0 saturated heterocycles. The number of hydrogen-bond donors (Lipinski definition) is 2. The Hall–Kier alpha value is -4.04. The molecule has 0 amide bonds. The molecule has 2 N–H and O–H groups in total. The number of aromatic amines is 1. The molecule has 0 spiro atoms. The first-order chi connectivity index (χ1) is 17.8. The summed E-state index contributed by atoms with van der Waals surface area (Å²) in [7, 11) is 0. The van der Waals surface area contributed by atoms with Crippen LogP contribution < -0.4 is 5.32 Å². The fourth-order valence-corrected chi connectivity index (χ4v) is 5.07. The van der Waals surface area contributed by atoms with Gasteiger partial charge in [-0.1, -0.05) is 18.2 Å². The van der Waals surface area contributed by atoms with Crippen LogP contribution in [0.25, 0.3) is 28.3 Å². The maximum atomic E-state index is 5.00. The molecule has 5 aromatic rings. The predicted molar refractivity (Wildman–Crippen MR) is 146 cm³/mol. The van der Waals surface area contributed by atoms with Crippen molar-refractivity contribution in [1.29, 1.82) is 0 Å². The molecule has 0 unspecified atom stereocenters. The second-order valence-corrected chi connectivity index (χ2v) is 10.7. The highest BCUT2D eigenvalue weighted by molar-refractivity contribution is 5.77. The normalized spacial score (nSPS) is 14.2. The third-order valence-electron chi connectivity index (χ3n) is 7.11. The molecule has 1 aromatic carbocycles. The molecule has 0 saturated carbocycles. The number of fused-ring (bicyclic) bond motifs is 2. The van der Waals surface area contributed by atoms with Crippen LogP contribution in [-0.2, 0) is 19.5 Å². The predicted octanol–water partition coefficient (Wildman–Crippen LogP) is 5.26. The minimum Gasteiger partial charge on any atom is -0.378 e. The van der Waals surface area contributed by atoms with Gasteiger partial charge in [0.25, 0.3) is 0 Å². The smallest absolute Gasteiger partial charge is 0.155 e. The zero-order chi connectivity index (χ0) is 25.6. The first-order valence-electron chi connectivity index (χ1n) is 12.8. The largest absolute Gasteiger partial charge is 0.378 e. The van der Waals surface area contributed by atoms with E-state index in [9.17, 15) is 0 Å². The second-order valence-electron chi connectivity index (χ2n) is 10.7. The van der Waals surface area contributed by atoms with Gasteiger partial charge < -0.3 is 10.3 Å². The Morgan fingerprint density at radius 3 is 2.73 bits per heavy atom. The summed E-state index contributed by atoms with van der Waals surface area (Å²) in [6.07, 6.45) is 4.57. The number of nitrogens with zero attached hydrogens (tertiary/aromatic N) is 6. The molecule has 0 fully saturated rings. The number of aryl methyl sites for hydroxylation is 1. The maximum absolute atomic E-state index is 5.00. The van der Waals surface area contributed by atoms with Gasteiger partial charge in [-0.25, -0.2) is 14.5 Å². The van der Waals surface area contributed by atoms with Crippen molar-refractivity contribution in [3.63, 3.8) is 0 Å². The molecule has 0 bridgehead atoms. The van der Waals surface area contributed by atoms with E-state index in [4.69, 9.17) is 9.97 Å². The molecule has 1 aliphatic rings. The molecule has 4 aromatic heterocycles. The van der Waals surface area contributed by atoms with E-state index in [1.807, 2.05) is 43.5 Å². The SMILES string of the molecule is Cc1cccc(-c2nc(CNc3cccc4c3CCN(C(C)(C)C)C4)[nH]c2-c2ccc3ncnn3c2)n1. The van der Waals surface area contributed by atoms with Crippen molar-refractivity contribution in [3.8, 4) is 22.6 Å². The average molecular weight is 493 g/mol. The van der Waals surface area contributed by atoms with Crippen molar-refractivity contribution in [1.82, 2.24) is 34.4 Å². The molecule has 37 heavy (non-hydrogen) atoms. The van der Waals surface area contributed by atoms with Crippen LogP contribution in [-0.4, -0.2) is 46.5 Å². The molecule has 5 heterocycles. The molecule has 8 nitrogen and oxygen atoms in total. The van der Waals surface area contributed by atoms with Gasteiger partial charge in [0.2, 0.25) is 0 Å². The molecule has 188 valence electrons. The zero-order valence-electron chi connectivity index (χ0n) is 21.8. The van der Waals surface area contributed by atoms with E-state index < -0.39 is 0 Å². The van der Waals surface area contributed by atoms with Gasteiger partial charge in [0, 0.05) is 41.8 Å².